The molecule has 3 rings (SSSR count). The van der Waals surface area contributed by atoms with E-state index in [9.17, 15) is 4.91 Å². The second-order valence-electron chi connectivity index (χ2n) is 6.20. The first kappa shape index (κ1) is 16.2. The monoisotopic (exact) mass is 317 g/mol. The number of nitrogens with zero attached hydrogens (tertiary/aromatic N) is 1. The van der Waals surface area contributed by atoms with Crippen molar-refractivity contribution in [2.24, 2.45) is 10.6 Å². The molecule has 3 unspecified atom stereocenters. The summed E-state index contributed by atoms with van der Waals surface area (Å²) in [5, 5.41) is 3.06. The molecule has 0 saturated carbocycles. The van der Waals surface area contributed by atoms with Gasteiger partial charge in [0.25, 0.3) is 0 Å². The number of epoxide rings is 3. The van der Waals surface area contributed by atoms with Gasteiger partial charge in [-0.25, -0.2) is 0 Å². The Hall–Kier alpha value is -0.640. The number of ether oxygens (including phenoxy) is 6. The first-order chi connectivity index (χ1) is 10.8. The van der Waals surface area contributed by atoms with Crippen molar-refractivity contribution in [3.63, 3.8) is 0 Å². The average molecular weight is 317 g/mol. The molecule has 0 radical (unpaired) electrons. The predicted octanol–water partition coefficient (Wildman–Crippen LogP) is -0.0146. The molecule has 0 aromatic carbocycles. The van der Waals surface area contributed by atoms with E-state index in [2.05, 4.69) is 5.18 Å². The molecule has 0 bridgehead atoms. The summed E-state index contributed by atoms with van der Waals surface area (Å²) in [6.45, 7) is 4.96. The molecule has 0 aliphatic carbocycles. The van der Waals surface area contributed by atoms with Gasteiger partial charge < -0.3 is 28.4 Å². The number of hydrogen-bond acceptors (Lipinski definition) is 8. The summed E-state index contributed by atoms with van der Waals surface area (Å²) in [7, 11) is 0. The second-order valence-corrected chi connectivity index (χ2v) is 6.20. The smallest absolute Gasteiger partial charge is 0.104 e. The van der Waals surface area contributed by atoms with Gasteiger partial charge >= 0.3 is 0 Å². The molecule has 0 N–H and O–H groups in total. The standard InChI is InChI=1S/C14H23NO7/c16-15-7-14(8-17-1-11-4-20-11,9-18-2-12-5-21-12)10-19-3-13-6-22-13/h11-13H,1-10H2. The Labute approximate surface area is 129 Å². The highest BCUT2D eigenvalue weighted by Crippen LogP contribution is 2.23. The summed E-state index contributed by atoms with van der Waals surface area (Å²) >= 11 is 0. The van der Waals surface area contributed by atoms with Gasteiger partial charge in [0.15, 0.2) is 0 Å². The van der Waals surface area contributed by atoms with Crippen molar-refractivity contribution < 1.29 is 28.4 Å². The van der Waals surface area contributed by atoms with Gasteiger partial charge in [0, 0.05) is 0 Å². The van der Waals surface area contributed by atoms with Crippen LogP contribution in [0.3, 0.4) is 0 Å². The van der Waals surface area contributed by atoms with E-state index in [0.717, 1.165) is 19.8 Å². The maximum atomic E-state index is 10.9. The minimum absolute atomic E-state index is 0.0928. The fourth-order valence-corrected chi connectivity index (χ4v) is 2.11. The van der Waals surface area contributed by atoms with E-state index in [1.54, 1.807) is 0 Å². The first-order valence-electron chi connectivity index (χ1n) is 7.67. The second kappa shape index (κ2) is 7.76. The van der Waals surface area contributed by atoms with Crippen molar-refractivity contribution in [2.45, 2.75) is 18.3 Å². The lowest BCUT2D eigenvalue weighted by molar-refractivity contribution is -0.0695. The summed E-state index contributed by atoms with van der Waals surface area (Å²) in [5.74, 6) is 0. The molecule has 22 heavy (non-hydrogen) atoms. The SMILES string of the molecule is O=NCC(COCC1CO1)(COCC1CO1)COCC1CO1. The fraction of sp³-hybridized carbons (Fsp3) is 1.00. The minimum atomic E-state index is -0.569. The van der Waals surface area contributed by atoms with Gasteiger partial charge in [-0.1, -0.05) is 5.18 Å². The first-order valence-corrected chi connectivity index (χ1v) is 7.67. The van der Waals surface area contributed by atoms with Gasteiger partial charge in [0.1, 0.15) is 18.3 Å². The summed E-state index contributed by atoms with van der Waals surface area (Å²) in [5.41, 5.74) is -0.569. The van der Waals surface area contributed by atoms with Crippen molar-refractivity contribution in [3.8, 4) is 0 Å². The van der Waals surface area contributed by atoms with Crippen molar-refractivity contribution in [3.05, 3.63) is 4.91 Å². The molecule has 0 amide bonds. The van der Waals surface area contributed by atoms with Crippen molar-refractivity contribution in [1.29, 1.82) is 0 Å². The maximum absolute atomic E-state index is 10.9. The van der Waals surface area contributed by atoms with Crippen LogP contribution in [0.25, 0.3) is 0 Å². The van der Waals surface area contributed by atoms with E-state index < -0.39 is 5.41 Å². The van der Waals surface area contributed by atoms with Crippen LogP contribution < -0.4 is 0 Å². The van der Waals surface area contributed by atoms with E-state index in [-0.39, 0.29) is 24.9 Å². The number of rotatable bonds is 14. The van der Waals surface area contributed by atoms with E-state index in [1.807, 2.05) is 0 Å². The molecular weight excluding hydrogens is 294 g/mol. The molecule has 3 atom stereocenters. The van der Waals surface area contributed by atoms with Crippen LogP contribution in [0, 0.1) is 10.3 Å². The number of hydrogen-bond donors (Lipinski definition) is 0. The summed E-state index contributed by atoms with van der Waals surface area (Å²) in [4.78, 5) is 10.9. The molecular formula is C14H23NO7. The molecule has 8 heteroatoms. The van der Waals surface area contributed by atoms with Gasteiger partial charge in [0.05, 0.1) is 71.4 Å². The summed E-state index contributed by atoms with van der Waals surface area (Å²) < 4.78 is 32.4. The van der Waals surface area contributed by atoms with Gasteiger partial charge in [-0.2, -0.15) is 4.91 Å². The zero-order chi connectivity index (χ0) is 15.3. The van der Waals surface area contributed by atoms with E-state index in [4.69, 9.17) is 28.4 Å². The van der Waals surface area contributed by atoms with Gasteiger partial charge in [0.2, 0.25) is 0 Å². The third kappa shape index (κ3) is 5.86. The molecule has 0 aromatic heterocycles. The third-order valence-corrected chi connectivity index (χ3v) is 3.74. The molecule has 3 heterocycles. The topological polar surface area (TPSA) is 94.7 Å². The van der Waals surface area contributed by atoms with Gasteiger partial charge in [-0.15, -0.1) is 0 Å². The molecule has 0 spiro atoms. The fourth-order valence-electron chi connectivity index (χ4n) is 2.11. The normalized spacial score (nSPS) is 31.5. The lowest BCUT2D eigenvalue weighted by atomic mass is 9.91. The number of nitroso groups, excluding NO2 is 1. The van der Waals surface area contributed by atoms with E-state index in [0.29, 0.717) is 39.6 Å². The van der Waals surface area contributed by atoms with Crippen LogP contribution in [0.1, 0.15) is 0 Å². The molecule has 126 valence electrons. The predicted molar refractivity (Wildman–Crippen MR) is 74.8 cm³/mol. The largest absolute Gasteiger partial charge is 0.378 e. The summed E-state index contributed by atoms with van der Waals surface area (Å²) in [6.07, 6.45) is 0.551. The highest BCUT2D eigenvalue weighted by Gasteiger charge is 2.36. The maximum Gasteiger partial charge on any atom is 0.104 e. The Kier molecular flexibility index (Phi) is 5.72. The van der Waals surface area contributed by atoms with E-state index in [1.165, 1.54) is 0 Å². The molecule has 3 aliphatic rings. The lowest BCUT2D eigenvalue weighted by Gasteiger charge is -2.30. The molecule has 8 nitrogen and oxygen atoms in total. The zero-order valence-electron chi connectivity index (χ0n) is 12.6. The van der Waals surface area contributed by atoms with E-state index >= 15 is 0 Å². The van der Waals surface area contributed by atoms with Crippen LogP contribution in [0.5, 0.6) is 0 Å². The van der Waals surface area contributed by atoms with Crippen molar-refractivity contribution in [2.75, 3.05) is 66.0 Å². The Balaban J connectivity index is 1.46. The van der Waals surface area contributed by atoms with Gasteiger partial charge in [-0.05, 0) is 0 Å². The Morgan fingerprint density at radius 2 is 1.18 bits per heavy atom. The quantitative estimate of drug-likeness (QED) is 0.328. The molecule has 3 fully saturated rings. The van der Waals surface area contributed by atoms with Crippen LogP contribution in [-0.2, 0) is 28.4 Å². The minimum Gasteiger partial charge on any atom is -0.378 e. The highest BCUT2D eigenvalue weighted by molar-refractivity contribution is 4.83. The average Bonchev–Trinajstić information content (AvgIpc) is 3.36. The Bertz CT molecular complexity index is 310. The highest BCUT2D eigenvalue weighted by atomic mass is 16.6. The third-order valence-electron chi connectivity index (χ3n) is 3.74. The van der Waals surface area contributed by atoms with Gasteiger partial charge in [-0.3, -0.25) is 0 Å². The molecule has 0 aromatic rings. The van der Waals surface area contributed by atoms with Crippen molar-refractivity contribution in [1.82, 2.24) is 0 Å². The van der Waals surface area contributed by atoms with Crippen LogP contribution in [-0.4, -0.2) is 84.3 Å². The molecule has 3 aliphatic heterocycles. The lowest BCUT2D eigenvalue weighted by Crippen LogP contribution is -2.41. The van der Waals surface area contributed by atoms with Crippen molar-refractivity contribution >= 4 is 0 Å². The van der Waals surface area contributed by atoms with Crippen LogP contribution in [0.15, 0.2) is 5.18 Å². The van der Waals surface area contributed by atoms with Crippen LogP contribution in [0.2, 0.25) is 0 Å². The Morgan fingerprint density at radius 1 is 0.818 bits per heavy atom. The van der Waals surface area contributed by atoms with Crippen LogP contribution in [0.4, 0.5) is 0 Å². The Morgan fingerprint density at radius 3 is 1.45 bits per heavy atom. The molecule has 3 saturated heterocycles. The summed E-state index contributed by atoms with van der Waals surface area (Å²) in [6, 6.07) is 0. The van der Waals surface area contributed by atoms with Crippen LogP contribution >= 0.6 is 0 Å². The zero-order valence-corrected chi connectivity index (χ0v) is 12.6.